The van der Waals surface area contributed by atoms with Gasteiger partial charge in [0.25, 0.3) is 0 Å². The quantitative estimate of drug-likeness (QED) is 0.682. The first kappa shape index (κ1) is 10.0. The summed E-state index contributed by atoms with van der Waals surface area (Å²) >= 11 is 0. The van der Waals surface area contributed by atoms with Gasteiger partial charge in [-0.1, -0.05) is 12.8 Å². The fourth-order valence-corrected chi connectivity index (χ4v) is 1.83. The summed E-state index contributed by atoms with van der Waals surface area (Å²) in [6.07, 6.45) is 5.53. The molecule has 0 saturated carbocycles. The Morgan fingerprint density at radius 2 is 1.50 bits per heavy atom. The second-order valence-corrected chi connectivity index (χ2v) is 4.05. The number of hydrogen-bond donors (Lipinski definition) is 1. The first-order valence-electron chi connectivity index (χ1n) is 5.21. The van der Waals surface area contributed by atoms with Crippen molar-refractivity contribution in [2.45, 2.75) is 51.6 Å². The Labute approximate surface area is 76.1 Å². The SMILES string of the molecule is CC(N)C(C)N1CCCCCC1. The molecule has 0 aromatic carbocycles. The molecule has 12 heavy (non-hydrogen) atoms. The zero-order valence-electron chi connectivity index (χ0n) is 8.42. The van der Waals surface area contributed by atoms with Gasteiger partial charge in [-0.25, -0.2) is 0 Å². The second kappa shape index (κ2) is 4.83. The minimum absolute atomic E-state index is 0.308. The lowest BCUT2D eigenvalue weighted by Crippen LogP contribution is -2.44. The van der Waals surface area contributed by atoms with Gasteiger partial charge in [0.1, 0.15) is 0 Å². The van der Waals surface area contributed by atoms with Crippen molar-refractivity contribution in [3.8, 4) is 0 Å². The zero-order valence-corrected chi connectivity index (χ0v) is 8.42. The highest BCUT2D eigenvalue weighted by Gasteiger charge is 2.17. The molecule has 2 heteroatoms. The fourth-order valence-electron chi connectivity index (χ4n) is 1.83. The molecule has 1 rings (SSSR count). The Morgan fingerprint density at radius 3 is 1.92 bits per heavy atom. The molecule has 0 aromatic rings. The highest BCUT2D eigenvalue weighted by Crippen LogP contribution is 2.13. The van der Waals surface area contributed by atoms with Crippen LogP contribution in [0.15, 0.2) is 0 Å². The van der Waals surface area contributed by atoms with Gasteiger partial charge >= 0.3 is 0 Å². The lowest BCUT2D eigenvalue weighted by Gasteiger charge is -2.30. The van der Waals surface area contributed by atoms with Gasteiger partial charge < -0.3 is 5.73 Å². The maximum Gasteiger partial charge on any atom is 0.0216 e. The molecule has 2 N–H and O–H groups in total. The number of likely N-dealkylation sites (tertiary alicyclic amines) is 1. The summed E-state index contributed by atoms with van der Waals surface area (Å²) in [4.78, 5) is 2.54. The number of nitrogens with zero attached hydrogens (tertiary/aromatic N) is 1. The van der Waals surface area contributed by atoms with Crippen LogP contribution in [0, 0.1) is 0 Å². The third-order valence-electron chi connectivity index (χ3n) is 2.98. The van der Waals surface area contributed by atoms with Crippen LogP contribution in [0.5, 0.6) is 0 Å². The Balaban J connectivity index is 2.37. The van der Waals surface area contributed by atoms with Crippen molar-refractivity contribution in [2.75, 3.05) is 13.1 Å². The van der Waals surface area contributed by atoms with Crippen LogP contribution in [0.1, 0.15) is 39.5 Å². The molecule has 0 amide bonds. The van der Waals surface area contributed by atoms with Crippen LogP contribution in [-0.4, -0.2) is 30.1 Å². The topological polar surface area (TPSA) is 29.3 Å². The molecule has 0 aliphatic carbocycles. The summed E-state index contributed by atoms with van der Waals surface area (Å²) in [5.74, 6) is 0. The molecule has 1 fully saturated rings. The monoisotopic (exact) mass is 170 g/mol. The summed E-state index contributed by atoms with van der Waals surface area (Å²) in [6, 6.07) is 0.867. The first-order chi connectivity index (χ1) is 5.72. The number of nitrogens with two attached hydrogens (primary N) is 1. The van der Waals surface area contributed by atoms with E-state index in [1.54, 1.807) is 0 Å². The molecule has 72 valence electrons. The molecule has 0 spiro atoms. The summed E-state index contributed by atoms with van der Waals surface area (Å²) in [5.41, 5.74) is 5.88. The van der Waals surface area contributed by atoms with Crippen LogP contribution in [0.3, 0.4) is 0 Å². The van der Waals surface area contributed by atoms with Crippen LogP contribution < -0.4 is 5.73 Å². The largest absolute Gasteiger partial charge is 0.327 e. The van der Waals surface area contributed by atoms with E-state index < -0.39 is 0 Å². The van der Waals surface area contributed by atoms with E-state index in [1.165, 1.54) is 38.8 Å². The van der Waals surface area contributed by atoms with Gasteiger partial charge in [-0.15, -0.1) is 0 Å². The van der Waals surface area contributed by atoms with Gasteiger partial charge in [0.2, 0.25) is 0 Å². The maximum absolute atomic E-state index is 5.88. The molecular weight excluding hydrogens is 148 g/mol. The van der Waals surface area contributed by atoms with Gasteiger partial charge in [0.15, 0.2) is 0 Å². The van der Waals surface area contributed by atoms with Crippen molar-refractivity contribution in [1.82, 2.24) is 4.90 Å². The normalized spacial score (nSPS) is 26.2. The first-order valence-corrected chi connectivity index (χ1v) is 5.21. The third-order valence-corrected chi connectivity index (χ3v) is 2.98. The van der Waals surface area contributed by atoms with Crippen molar-refractivity contribution in [3.63, 3.8) is 0 Å². The van der Waals surface area contributed by atoms with E-state index in [2.05, 4.69) is 18.7 Å². The van der Waals surface area contributed by atoms with E-state index in [9.17, 15) is 0 Å². The van der Waals surface area contributed by atoms with Crippen LogP contribution in [0.4, 0.5) is 0 Å². The standard InChI is InChI=1S/C10H22N2/c1-9(11)10(2)12-7-5-3-4-6-8-12/h9-10H,3-8,11H2,1-2H3. The van der Waals surface area contributed by atoms with Crippen molar-refractivity contribution >= 4 is 0 Å². The van der Waals surface area contributed by atoms with Gasteiger partial charge in [-0.05, 0) is 39.8 Å². The average Bonchev–Trinajstić information content (AvgIpc) is 2.30. The second-order valence-electron chi connectivity index (χ2n) is 4.05. The fraction of sp³-hybridized carbons (Fsp3) is 1.00. The van der Waals surface area contributed by atoms with Crippen molar-refractivity contribution in [2.24, 2.45) is 5.73 Å². The van der Waals surface area contributed by atoms with Crippen LogP contribution in [0.2, 0.25) is 0 Å². The number of hydrogen-bond acceptors (Lipinski definition) is 2. The molecule has 0 radical (unpaired) electrons. The van der Waals surface area contributed by atoms with Gasteiger partial charge in [-0.3, -0.25) is 4.90 Å². The minimum atomic E-state index is 0.308. The molecule has 2 nitrogen and oxygen atoms in total. The molecule has 1 heterocycles. The van der Waals surface area contributed by atoms with E-state index >= 15 is 0 Å². The molecule has 2 atom stereocenters. The Kier molecular flexibility index (Phi) is 4.02. The van der Waals surface area contributed by atoms with E-state index in [1.807, 2.05) is 0 Å². The molecule has 1 aliphatic rings. The van der Waals surface area contributed by atoms with Crippen LogP contribution in [0.25, 0.3) is 0 Å². The summed E-state index contributed by atoms with van der Waals surface area (Å²) in [6.45, 7) is 6.86. The highest BCUT2D eigenvalue weighted by atomic mass is 15.2. The van der Waals surface area contributed by atoms with E-state index in [0.717, 1.165) is 0 Å². The molecule has 0 bridgehead atoms. The predicted octanol–water partition coefficient (Wildman–Crippen LogP) is 1.60. The lowest BCUT2D eigenvalue weighted by molar-refractivity contribution is 0.196. The van der Waals surface area contributed by atoms with Crippen molar-refractivity contribution < 1.29 is 0 Å². The molecular formula is C10H22N2. The Bertz CT molecular complexity index is 115. The van der Waals surface area contributed by atoms with Gasteiger partial charge in [0, 0.05) is 12.1 Å². The van der Waals surface area contributed by atoms with E-state index in [-0.39, 0.29) is 0 Å². The Morgan fingerprint density at radius 1 is 1.00 bits per heavy atom. The molecule has 2 unspecified atom stereocenters. The van der Waals surface area contributed by atoms with Crippen molar-refractivity contribution in [3.05, 3.63) is 0 Å². The van der Waals surface area contributed by atoms with E-state index in [0.29, 0.717) is 12.1 Å². The summed E-state index contributed by atoms with van der Waals surface area (Å²) in [5, 5.41) is 0. The maximum atomic E-state index is 5.88. The predicted molar refractivity (Wildman–Crippen MR) is 53.2 cm³/mol. The molecule has 1 aliphatic heterocycles. The van der Waals surface area contributed by atoms with Crippen molar-refractivity contribution in [1.29, 1.82) is 0 Å². The summed E-state index contributed by atoms with van der Waals surface area (Å²) < 4.78 is 0. The van der Waals surface area contributed by atoms with E-state index in [4.69, 9.17) is 5.73 Å². The smallest absolute Gasteiger partial charge is 0.0216 e. The Hall–Kier alpha value is -0.0800. The van der Waals surface area contributed by atoms with Gasteiger partial charge in [-0.2, -0.15) is 0 Å². The van der Waals surface area contributed by atoms with Crippen LogP contribution in [-0.2, 0) is 0 Å². The highest BCUT2D eigenvalue weighted by molar-refractivity contribution is 4.76. The third kappa shape index (κ3) is 2.76. The summed E-state index contributed by atoms with van der Waals surface area (Å²) in [7, 11) is 0. The zero-order chi connectivity index (χ0) is 8.97. The lowest BCUT2D eigenvalue weighted by atomic mass is 10.1. The molecule has 0 aromatic heterocycles. The number of rotatable bonds is 2. The molecule has 1 saturated heterocycles. The minimum Gasteiger partial charge on any atom is -0.327 e. The van der Waals surface area contributed by atoms with Gasteiger partial charge in [0.05, 0.1) is 0 Å². The average molecular weight is 170 g/mol. The van der Waals surface area contributed by atoms with Crippen LogP contribution >= 0.6 is 0 Å².